The van der Waals surface area contributed by atoms with Crippen molar-refractivity contribution in [2.45, 2.75) is 45.2 Å². The van der Waals surface area contributed by atoms with E-state index in [4.69, 9.17) is 0 Å². The van der Waals surface area contributed by atoms with Gasteiger partial charge in [0, 0.05) is 25.0 Å². The number of carbonyl (C=O) groups is 2. The van der Waals surface area contributed by atoms with Crippen LogP contribution in [0.25, 0.3) is 0 Å². The Balaban J connectivity index is 2.08. The van der Waals surface area contributed by atoms with Gasteiger partial charge >= 0.3 is 0 Å². The molecule has 1 aliphatic rings. The summed E-state index contributed by atoms with van der Waals surface area (Å²) in [6, 6.07) is 0.469. The van der Waals surface area contributed by atoms with E-state index in [1.807, 2.05) is 6.92 Å². The Morgan fingerprint density at radius 2 is 2.38 bits per heavy atom. The monoisotopic (exact) mass is 227 g/mol. The van der Waals surface area contributed by atoms with Crippen LogP contribution in [0.1, 0.15) is 33.1 Å². The van der Waals surface area contributed by atoms with Crippen LogP contribution in [-0.4, -0.2) is 37.0 Å². The number of nitrogens with one attached hydrogen (secondary N) is 3. The molecule has 1 rings (SSSR count). The molecule has 0 spiro atoms. The quantitative estimate of drug-likeness (QED) is 0.587. The molecular weight excluding hydrogens is 206 g/mol. The summed E-state index contributed by atoms with van der Waals surface area (Å²) in [5.74, 6) is 0.0680. The molecule has 0 aromatic rings. The first-order chi connectivity index (χ1) is 7.61. The molecule has 2 amide bonds. The van der Waals surface area contributed by atoms with Gasteiger partial charge in [0.15, 0.2) is 0 Å². The lowest BCUT2D eigenvalue weighted by molar-refractivity contribution is -0.121. The Morgan fingerprint density at radius 1 is 1.62 bits per heavy atom. The van der Waals surface area contributed by atoms with Gasteiger partial charge in [-0.05, 0) is 19.8 Å². The lowest BCUT2D eigenvalue weighted by Gasteiger charge is -2.13. The highest BCUT2D eigenvalue weighted by molar-refractivity contribution is 5.79. The van der Waals surface area contributed by atoms with Crippen molar-refractivity contribution in [3.8, 4) is 0 Å². The first-order valence-corrected chi connectivity index (χ1v) is 5.91. The van der Waals surface area contributed by atoms with Gasteiger partial charge in [-0.3, -0.25) is 9.59 Å². The molecule has 5 heteroatoms. The predicted octanol–water partition coefficient (Wildman–Crippen LogP) is -0.231. The summed E-state index contributed by atoms with van der Waals surface area (Å²) in [4.78, 5) is 22.3. The van der Waals surface area contributed by atoms with E-state index in [-0.39, 0.29) is 17.9 Å². The third kappa shape index (κ3) is 4.61. The highest BCUT2D eigenvalue weighted by Gasteiger charge is 2.20. The van der Waals surface area contributed by atoms with Crippen LogP contribution in [0.3, 0.4) is 0 Å². The summed E-state index contributed by atoms with van der Waals surface area (Å²) in [7, 11) is 0. The molecule has 92 valence electrons. The molecule has 1 fully saturated rings. The Labute approximate surface area is 96.4 Å². The van der Waals surface area contributed by atoms with Gasteiger partial charge in [0.25, 0.3) is 0 Å². The van der Waals surface area contributed by atoms with Gasteiger partial charge in [-0.15, -0.1) is 0 Å². The highest BCUT2D eigenvalue weighted by atomic mass is 16.2. The Bertz CT molecular complexity index is 256. The summed E-state index contributed by atoms with van der Waals surface area (Å²) in [5, 5.41) is 8.74. The van der Waals surface area contributed by atoms with Gasteiger partial charge < -0.3 is 16.0 Å². The number of hydrogen-bond acceptors (Lipinski definition) is 3. The maximum Gasteiger partial charge on any atom is 0.234 e. The van der Waals surface area contributed by atoms with Crippen molar-refractivity contribution in [1.82, 2.24) is 16.0 Å². The third-order valence-corrected chi connectivity index (χ3v) is 2.85. The van der Waals surface area contributed by atoms with Crippen LogP contribution in [0, 0.1) is 0 Å². The fraction of sp³-hybridized carbons (Fsp3) is 0.818. The maximum absolute atomic E-state index is 11.4. The highest BCUT2D eigenvalue weighted by Crippen LogP contribution is 2.04. The molecule has 0 saturated carbocycles. The zero-order valence-corrected chi connectivity index (χ0v) is 10.0. The summed E-state index contributed by atoms with van der Waals surface area (Å²) in [5.41, 5.74) is 0. The Hall–Kier alpha value is -1.10. The van der Waals surface area contributed by atoms with Crippen LogP contribution >= 0.6 is 0 Å². The van der Waals surface area contributed by atoms with E-state index < -0.39 is 0 Å². The molecule has 0 radical (unpaired) electrons. The van der Waals surface area contributed by atoms with Crippen LogP contribution in [0.4, 0.5) is 0 Å². The molecule has 2 unspecified atom stereocenters. The van der Waals surface area contributed by atoms with Crippen LogP contribution in [-0.2, 0) is 9.59 Å². The van der Waals surface area contributed by atoms with Crippen molar-refractivity contribution in [2.75, 3.05) is 13.1 Å². The largest absolute Gasteiger partial charge is 0.353 e. The van der Waals surface area contributed by atoms with Crippen LogP contribution < -0.4 is 16.0 Å². The van der Waals surface area contributed by atoms with Gasteiger partial charge in [0.05, 0.1) is 6.54 Å². The topological polar surface area (TPSA) is 70.2 Å². The van der Waals surface area contributed by atoms with Crippen molar-refractivity contribution >= 4 is 11.8 Å². The minimum Gasteiger partial charge on any atom is -0.353 e. The van der Waals surface area contributed by atoms with Crippen molar-refractivity contribution in [2.24, 2.45) is 0 Å². The van der Waals surface area contributed by atoms with Gasteiger partial charge in [0.2, 0.25) is 11.8 Å². The minimum atomic E-state index is -0.0125. The summed E-state index contributed by atoms with van der Waals surface area (Å²) in [6.07, 6.45) is 2.40. The van der Waals surface area contributed by atoms with Gasteiger partial charge in [-0.1, -0.05) is 6.92 Å². The van der Waals surface area contributed by atoms with Crippen molar-refractivity contribution in [3.63, 3.8) is 0 Å². The van der Waals surface area contributed by atoms with Crippen molar-refractivity contribution < 1.29 is 9.59 Å². The number of amides is 2. The molecule has 1 aliphatic heterocycles. The van der Waals surface area contributed by atoms with E-state index in [2.05, 4.69) is 22.9 Å². The van der Waals surface area contributed by atoms with Gasteiger partial charge in [-0.25, -0.2) is 0 Å². The van der Waals surface area contributed by atoms with E-state index >= 15 is 0 Å². The number of rotatable bonds is 6. The molecule has 0 aromatic carbocycles. The van der Waals surface area contributed by atoms with E-state index in [1.165, 1.54) is 0 Å². The van der Waals surface area contributed by atoms with E-state index in [0.717, 1.165) is 12.8 Å². The zero-order valence-electron chi connectivity index (χ0n) is 10.0. The molecular formula is C11H21N3O2. The Morgan fingerprint density at radius 3 is 2.94 bits per heavy atom. The van der Waals surface area contributed by atoms with E-state index in [0.29, 0.717) is 25.6 Å². The lowest BCUT2D eigenvalue weighted by Crippen LogP contribution is -2.43. The smallest absolute Gasteiger partial charge is 0.234 e. The SMILES string of the molecule is CCC(C)NCC(=O)NCC1CCC(=O)N1. The van der Waals surface area contributed by atoms with Crippen LogP contribution in [0.2, 0.25) is 0 Å². The molecule has 1 saturated heterocycles. The predicted molar refractivity (Wildman–Crippen MR) is 61.9 cm³/mol. The fourth-order valence-electron chi connectivity index (χ4n) is 1.54. The summed E-state index contributed by atoms with van der Waals surface area (Å²) >= 11 is 0. The van der Waals surface area contributed by atoms with Gasteiger partial charge in [0.1, 0.15) is 0 Å². The van der Waals surface area contributed by atoms with E-state index in [1.54, 1.807) is 0 Å². The van der Waals surface area contributed by atoms with Crippen LogP contribution in [0.5, 0.6) is 0 Å². The second-order valence-corrected chi connectivity index (χ2v) is 4.30. The first kappa shape index (κ1) is 13.0. The summed E-state index contributed by atoms with van der Waals surface area (Å²) < 4.78 is 0. The average molecular weight is 227 g/mol. The fourth-order valence-corrected chi connectivity index (χ4v) is 1.54. The Kier molecular flexibility index (Phi) is 5.25. The molecule has 0 bridgehead atoms. The number of carbonyl (C=O) groups excluding carboxylic acids is 2. The minimum absolute atomic E-state index is 0.0125. The second-order valence-electron chi connectivity index (χ2n) is 4.30. The molecule has 2 atom stereocenters. The molecule has 0 aliphatic carbocycles. The van der Waals surface area contributed by atoms with Gasteiger partial charge in [-0.2, -0.15) is 0 Å². The second kappa shape index (κ2) is 6.48. The lowest BCUT2D eigenvalue weighted by atomic mass is 10.2. The van der Waals surface area contributed by atoms with E-state index in [9.17, 15) is 9.59 Å². The first-order valence-electron chi connectivity index (χ1n) is 5.91. The van der Waals surface area contributed by atoms with Crippen LogP contribution in [0.15, 0.2) is 0 Å². The van der Waals surface area contributed by atoms with Crippen molar-refractivity contribution in [3.05, 3.63) is 0 Å². The molecule has 3 N–H and O–H groups in total. The zero-order chi connectivity index (χ0) is 12.0. The standard InChI is InChI=1S/C11H21N3O2/c1-3-8(2)12-7-11(16)13-6-9-4-5-10(15)14-9/h8-9,12H,3-7H2,1-2H3,(H,13,16)(H,14,15). The maximum atomic E-state index is 11.4. The third-order valence-electron chi connectivity index (χ3n) is 2.85. The summed E-state index contributed by atoms with van der Waals surface area (Å²) in [6.45, 7) is 5.00. The molecule has 5 nitrogen and oxygen atoms in total. The normalized spacial score (nSPS) is 21.6. The average Bonchev–Trinajstić information content (AvgIpc) is 2.69. The molecule has 16 heavy (non-hydrogen) atoms. The molecule has 0 aromatic heterocycles. The molecule has 1 heterocycles. The number of hydrogen-bond donors (Lipinski definition) is 3. The van der Waals surface area contributed by atoms with Crippen molar-refractivity contribution in [1.29, 1.82) is 0 Å².